The number of aromatic nitrogens is 2. The predicted molar refractivity (Wildman–Crippen MR) is 108 cm³/mol. The quantitative estimate of drug-likeness (QED) is 0.754. The van der Waals surface area contributed by atoms with Gasteiger partial charge in [0.25, 0.3) is 11.8 Å². The van der Waals surface area contributed by atoms with E-state index < -0.39 is 24.1 Å². The number of hydrogen-bond acceptors (Lipinski definition) is 7. The van der Waals surface area contributed by atoms with E-state index in [1.54, 1.807) is 30.1 Å². The van der Waals surface area contributed by atoms with Crippen LogP contribution in [0, 0.1) is 0 Å². The summed E-state index contributed by atoms with van der Waals surface area (Å²) in [6.07, 6.45) is 4.52. The highest BCUT2D eigenvalue weighted by molar-refractivity contribution is 6.04. The van der Waals surface area contributed by atoms with Gasteiger partial charge in [-0.05, 0) is 31.0 Å². The average molecular weight is 426 g/mol. The molecule has 2 N–H and O–H groups in total. The normalized spacial score (nSPS) is 22.9. The number of likely N-dealkylation sites (N-methyl/N-ethyl adjacent to an activating group) is 1. The standard InChI is InChI=1S/C21H22N4O6/c1-25-16-4-3-13(9-19(26)27)31-18(16)11-30-17-5-2-12(8-14(17)21(25)29)24-20(28)15-10-22-6-7-23-15/h2,5-8,10,13,16,18H,3-4,9,11H2,1H3,(H,24,28)(H,26,27)/t13-,16+,18+/m1/s1. The number of anilines is 1. The van der Waals surface area contributed by atoms with Crippen molar-refractivity contribution in [3.8, 4) is 5.75 Å². The number of rotatable bonds is 4. The lowest BCUT2D eigenvalue weighted by Crippen LogP contribution is -2.53. The van der Waals surface area contributed by atoms with Crippen molar-refractivity contribution in [2.24, 2.45) is 0 Å². The molecule has 1 aromatic carbocycles. The van der Waals surface area contributed by atoms with Crippen molar-refractivity contribution in [3.63, 3.8) is 0 Å². The molecular weight excluding hydrogens is 404 g/mol. The molecule has 3 atom stereocenters. The van der Waals surface area contributed by atoms with Gasteiger partial charge in [0.15, 0.2) is 0 Å². The third kappa shape index (κ3) is 4.48. The largest absolute Gasteiger partial charge is 0.490 e. The van der Waals surface area contributed by atoms with Crippen LogP contribution in [0.25, 0.3) is 0 Å². The topological polar surface area (TPSA) is 131 Å². The molecule has 2 aliphatic heterocycles. The van der Waals surface area contributed by atoms with Crippen LogP contribution in [-0.2, 0) is 9.53 Å². The van der Waals surface area contributed by atoms with Crippen molar-refractivity contribution in [3.05, 3.63) is 48.0 Å². The third-order valence-electron chi connectivity index (χ3n) is 5.47. The number of nitrogens with zero attached hydrogens (tertiary/aromatic N) is 3. The minimum atomic E-state index is -0.916. The van der Waals surface area contributed by atoms with Gasteiger partial charge in [-0.3, -0.25) is 19.4 Å². The van der Waals surface area contributed by atoms with Gasteiger partial charge >= 0.3 is 5.97 Å². The number of ether oxygens (including phenoxy) is 2. The number of hydrogen-bond donors (Lipinski definition) is 2. The fraction of sp³-hybridized carbons (Fsp3) is 0.381. The lowest BCUT2D eigenvalue weighted by Gasteiger charge is -2.42. The lowest BCUT2D eigenvalue weighted by atomic mass is 9.94. The Kier molecular flexibility index (Phi) is 5.81. The van der Waals surface area contributed by atoms with E-state index in [0.29, 0.717) is 29.8 Å². The predicted octanol–water partition coefficient (Wildman–Crippen LogP) is 1.58. The third-order valence-corrected chi connectivity index (χ3v) is 5.47. The summed E-state index contributed by atoms with van der Waals surface area (Å²) in [5.41, 5.74) is 0.913. The Morgan fingerprint density at radius 2 is 2.13 bits per heavy atom. The second kappa shape index (κ2) is 8.68. The summed E-state index contributed by atoms with van der Waals surface area (Å²) in [4.78, 5) is 46.0. The van der Waals surface area contributed by atoms with Crippen LogP contribution < -0.4 is 10.1 Å². The highest BCUT2D eigenvalue weighted by Crippen LogP contribution is 2.32. The van der Waals surface area contributed by atoms with Crippen molar-refractivity contribution in [2.75, 3.05) is 19.0 Å². The van der Waals surface area contributed by atoms with Crippen molar-refractivity contribution in [2.45, 2.75) is 37.5 Å². The first-order chi connectivity index (χ1) is 14.9. The maximum atomic E-state index is 13.2. The molecule has 2 aromatic rings. The second-order valence-corrected chi connectivity index (χ2v) is 7.52. The number of carbonyl (C=O) groups is 3. The fourth-order valence-corrected chi connectivity index (χ4v) is 3.91. The zero-order valence-corrected chi connectivity index (χ0v) is 16.9. The SMILES string of the molecule is CN1C(=O)c2cc(NC(=O)c3cnccn3)ccc2OC[C@@H]2O[C@@H](CC(=O)O)CC[C@@H]21. The molecule has 3 heterocycles. The van der Waals surface area contributed by atoms with E-state index in [1.165, 1.54) is 18.6 Å². The van der Waals surface area contributed by atoms with E-state index in [0.717, 1.165) is 0 Å². The van der Waals surface area contributed by atoms with Crippen LogP contribution >= 0.6 is 0 Å². The Morgan fingerprint density at radius 3 is 2.87 bits per heavy atom. The van der Waals surface area contributed by atoms with Gasteiger partial charge in [0.2, 0.25) is 0 Å². The van der Waals surface area contributed by atoms with Crippen molar-refractivity contribution in [1.82, 2.24) is 14.9 Å². The Balaban J connectivity index is 1.54. The zero-order valence-electron chi connectivity index (χ0n) is 16.9. The Morgan fingerprint density at radius 1 is 1.29 bits per heavy atom. The molecule has 0 unspecified atom stereocenters. The Bertz CT molecular complexity index is 999. The molecule has 2 amide bonds. The summed E-state index contributed by atoms with van der Waals surface area (Å²) in [6, 6.07) is 4.59. The highest BCUT2D eigenvalue weighted by Gasteiger charge is 2.39. The fourth-order valence-electron chi connectivity index (χ4n) is 3.91. The first kappa shape index (κ1) is 20.7. The summed E-state index contributed by atoms with van der Waals surface area (Å²) in [5, 5.41) is 11.7. The van der Waals surface area contributed by atoms with Crippen LogP contribution in [0.3, 0.4) is 0 Å². The van der Waals surface area contributed by atoms with Crippen LogP contribution in [0.4, 0.5) is 5.69 Å². The number of carboxylic acids is 1. The molecule has 0 bridgehead atoms. The highest BCUT2D eigenvalue weighted by atomic mass is 16.5. The van der Waals surface area contributed by atoms with Gasteiger partial charge in [0, 0.05) is 25.1 Å². The Hall–Kier alpha value is -3.53. The second-order valence-electron chi connectivity index (χ2n) is 7.52. The summed E-state index contributed by atoms with van der Waals surface area (Å²) in [6.45, 7) is 0.191. The molecule has 1 fully saturated rings. The molecule has 0 saturated carbocycles. The lowest BCUT2D eigenvalue weighted by molar-refractivity contribution is -0.148. The molecule has 4 rings (SSSR count). The number of aliphatic carboxylic acids is 1. The maximum absolute atomic E-state index is 13.2. The van der Waals surface area contributed by atoms with Gasteiger partial charge in [-0.15, -0.1) is 0 Å². The molecule has 0 aliphatic carbocycles. The molecule has 1 saturated heterocycles. The maximum Gasteiger partial charge on any atom is 0.305 e. The number of carbonyl (C=O) groups excluding carboxylic acids is 2. The van der Waals surface area contributed by atoms with Gasteiger partial charge in [0.1, 0.15) is 24.2 Å². The first-order valence-electron chi connectivity index (χ1n) is 9.91. The molecule has 0 radical (unpaired) electrons. The first-order valence-corrected chi connectivity index (χ1v) is 9.91. The summed E-state index contributed by atoms with van der Waals surface area (Å²) >= 11 is 0. The number of amides is 2. The minimum Gasteiger partial charge on any atom is -0.490 e. The summed E-state index contributed by atoms with van der Waals surface area (Å²) < 4.78 is 11.8. The Labute approximate surface area is 178 Å². The summed E-state index contributed by atoms with van der Waals surface area (Å²) in [7, 11) is 1.70. The van der Waals surface area contributed by atoms with E-state index in [2.05, 4.69) is 15.3 Å². The van der Waals surface area contributed by atoms with Crippen LogP contribution in [0.2, 0.25) is 0 Å². The number of nitrogens with one attached hydrogen (secondary N) is 1. The smallest absolute Gasteiger partial charge is 0.305 e. The van der Waals surface area contributed by atoms with E-state index in [1.807, 2.05) is 0 Å². The molecule has 2 aliphatic rings. The number of benzene rings is 1. The molecular formula is C21H22N4O6. The molecule has 10 nitrogen and oxygen atoms in total. The number of carboxylic acid groups (broad SMARTS) is 1. The van der Waals surface area contributed by atoms with Gasteiger partial charge in [0.05, 0.1) is 30.3 Å². The molecule has 31 heavy (non-hydrogen) atoms. The summed E-state index contributed by atoms with van der Waals surface area (Å²) in [5.74, 6) is -1.25. The number of fused-ring (bicyclic) bond motifs is 2. The van der Waals surface area contributed by atoms with Crippen LogP contribution in [0.15, 0.2) is 36.8 Å². The van der Waals surface area contributed by atoms with Gasteiger partial charge < -0.3 is 24.8 Å². The molecule has 162 valence electrons. The van der Waals surface area contributed by atoms with Crippen LogP contribution in [-0.4, -0.2) is 69.7 Å². The van der Waals surface area contributed by atoms with Crippen LogP contribution in [0.1, 0.15) is 40.1 Å². The molecule has 10 heteroatoms. The minimum absolute atomic E-state index is 0.0771. The average Bonchev–Trinajstić information content (AvgIpc) is 2.77. The van der Waals surface area contributed by atoms with Gasteiger partial charge in [-0.1, -0.05) is 0 Å². The van der Waals surface area contributed by atoms with Gasteiger partial charge in [-0.2, -0.15) is 0 Å². The van der Waals surface area contributed by atoms with E-state index in [4.69, 9.17) is 14.6 Å². The molecule has 0 spiro atoms. The van der Waals surface area contributed by atoms with E-state index >= 15 is 0 Å². The monoisotopic (exact) mass is 426 g/mol. The van der Waals surface area contributed by atoms with Crippen molar-refractivity contribution >= 4 is 23.5 Å². The van der Waals surface area contributed by atoms with Crippen molar-refractivity contribution in [1.29, 1.82) is 0 Å². The van der Waals surface area contributed by atoms with Crippen molar-refractivity contribution < 1.29 is 29.0 Å². The van der Waals surface area contributed by atoms with Gasteiger partial charge in [-0.25, -0.2) is 4.98 Å². The zero-order chi connectivity index (χ0) is 22.0. The van der Waals surface area contributed by atoms with Crippen LogP contribution in [0.5, 0.6) is 5.75 Å². The van der Waals surface area contributed by atoms with E-state index in [-0.39, 0.29) is 30.7 Å². The molecule has 1 aromatic heterocycles. The van der Waals surface area contributed by atoms with E-state index in [9.17, 15) is 14.4 Å².